The first-order chi connectivity index (χ1) is 13.6. The van der Waals surface area contributed by atoms with E-state index >= 15 is 0 Å². The number of likely N-dealkylation sites (tertiary alicyclic amines) is 2. The number of hydrogen-bond donors (Lipinski definition) is 2. The SMILES string of the molecule is CCCCNc1cc(OC(C)N2CCCC2)cc(OC(C)N2CCCC2)c1N. The lowest BCUT2D eigenvalue weighted by molar-refractivity contribution is 0.0534. The van der Waals surface area contributed by atoms with Crippen LogP contribution in [0.5, 0.6) is 11.5 Å². The molecular formula is C22H38N4O2. The van der Waals surface area contributed by atoms with Gasteiger partial charge in [-0.1, -0.05) is 13.3 Å². The fraction of sp³-hybridized carbons (Fsp3) is 0.727. The molecule has 2 heterocycles. The van der Waals surface area contributed by atoms with Crippen molar-refractivity contribution in [1.82, 2.24) is 9.80 Å². The Morgan fingerprint density at radius 2 is 1.54 bits per heavy atom. The van der Waals surface area contributed by atoms with E-state index in [9.17, 15) is 0 Å². The molecule has 6 nitrogen and oxygen atoms in total. The molecule has 3 rings (SSSR count). The minimum Gasteiger partial charge on any atom is -0.475 e. The van der Waals surface area contributed by atoms with Crippen molar-refractivity contribution in [3.63, 3.8) is 0 Å². The molecule has 2 aliphatic heterocycles. The van der Waals surface area contributed by atoms with Gasteiger partial charge in [-0.15, -0.1) is 0 Å². The van der Waals surface area contributed by atoms with Gasteiger partial charge in [0.2, 0.25) is 0 Å². The molecule has 0 spiro atoms. The summed E-state index contributed by atoms with van der Waals surface area (Å²) >= 11 is 0. The number of rotatable bonds is 10. The lowest BCUT2D eigenvalue weighted by atomic mass is 10.2. The van der Waals surface area contributed by atoms with Crippen LogP contribution in [-0.2, 0) is 0 Å². The summed E-state index contributed by atoms with van der Waals surface area (Å²) in [7, 11) is 0. The average molecular weight is 391 g/mol. The van der Waals surface area contributed by atoms with Gasteiger partial charge in [-0.25, -0.2) is 0 Å². The van der Waals surface area contributed by atoms with E-state index in [2.05, 4.69) is 35.9 Å². The van der Waals surface area contributed by atoms with Crippen molar-refractivity contribution in [1.29, 1.82) is 0 Å². The number of nitrogen functional groups attached to an aromatic ring is 1. The maximum atomic E-state index is 6.46. The zero-order valence-electron chi connectivity index (χ0n) is 17.9. The van der Waals surface area contributed by atoms with Crippen LogP contribution in [0.1, 0.15) is 59.3 Å². The lowest BCUT2D eigenvalue weighted by Crippen LogP contribution is -2.35. The summed E-state index contributed by atoms with van der Waals surface area (Å²) in [4.78, 5) is 4.75. The molecule has 2 fully saturated rings. The highest BCUT2D eigenvalue weighted by atomic mass is 16.5. The van der Waals surface area contributed by atoms with Crippen LogP contribution < -0.4 is 20.5 Å². The molecule has 1 aromatic carbocycles. The van der Waals surface area contributed by atoms with Gasteiger partial charge in [0.1, 0.15) is 24.0 Å². The van der Waals surface area contributed by atoms with E-state index in [4.69, 9.17) is 15.2 Å². The smallest absolute Gasteiger partial charge is 0.150 e. The van der Waals surface area contributed by atoms with Gasteiger partial charge in [-0.3, -0.25) is 9.80 Å². The van der Waals surface area contributed by atoms with Gasteiger partial charge in [-0.05, 0) is 46.0 Å². The van der Waals surface area contributed by atoms with E-state index < -0.39 is 0 Å². The number of benzene rings is 1. The Morgan fingerprint density at radius 1 is 0.964 bits per heavy atom. The maximum absolute atomic E-state index is 6.46. The minimum atomic E-state index is 0.0135. The van der Waals surface area contributed by atoms with Crippen LogP contribution in [0.2, 0.25) is 0 Å². The summed E-state index contributed by atoms with van der Waals surface area (Å²) in [6.45, 7) is 11.7. The van der Waals surface area contributed by atoms with Crippen LogP contribution in [0.3, 0.4) is 0 Å². The van der Waals surface area contributed by atoms with Gasteiger partial charge < -0.3 is 20.5 Å². The highest BCUT2D eigenvalue weighted by Gasteiger charge is 2.23. The topological polar surface area (TPSA) is 63.0 Å². The second kappa shape index (κ2) is 10.2. The summed E-state index contributed by atoms with van der Waals surface area (Å²) in [5.74, 6) is 1.53. The molecule has 0 aromatic heterocycles. The quantitative estimate of drug-likeness (QED) is 0.463. The molecular weight excluding hydrogens is 352 g/mol. The largest absolute Gasteiger partial charge is 0.475 e. The Hall–Kier alpha value is -1.66. The Morgan fingerprint density at radius 3 is 2.11 bits per heavy atom. The molecule has 0 saturated carbocycles. The molecule has 2 atom stereocenters. The van der Waals surface area contributed by atoms with Crippen molar-refractivity contribution in [3.8, 4) is 11.5 Å². The molecule has 0 radical (unpaired) electrons. The standard InChI is InChI=1S/C22H38N4O2/c1-4-5-10-24-20-15-19(27-17(2)25-11-6-7-12-25)16-21(22(20)23)28-18(3)26-13-8-9-14-26/h15-18,24H,4-14,23H2,1-3H3. The van der Waals surface area contributed by atoms with Gasteiger partial charge in [-0.2, -0.15) is 0 Å². The predicted octanol–water partition coefficient (Wildman–Crippen LogP) is 4.12. The normalized spacial score (nSPS) is 20.2. The summed E-state index contributed by atoms with van der Waals surface area (Å²) < 4.78 is 12.6. The molecule has 6 heteroatoms. The lowest BCUT2D eigenvalue weighted by Gasteiger charge is -2.28. The monoisotopic (exact) mass is 390 g/mol. The van der Waals surface area contributed by atoms with Gasteiger partial charge in [0.05, 0.1) is 11.4 Å². The van der Waals surface area contributed by atoms with Crippen LogP contribution in [0.4, 0.5) is 11.4 Å². The van der Waals surface area contributed by atoms with E-state index in [0.29, 0.717) is 11.4 Å². The average Bonchev–Trinajstić information content (AvgIpc) is 3.39. The Labute approximate surface area is 170 Å². The number of nitrogens with two attached hydrogens (primary N) is 1. The van der Waals surface area contributed by atoms with Gasteiger partial charge in [0.15, 0.2) is 0 Å². The van der Waals surface area contributed by atoms with Crippen molar-refractivity contribution in [2.45, 2.75) is 71.8 Å². The highest BCUT2D eigenvalue weighted by Crippen LogP contribution is 2.37. The number of nitrogens with zero attached hydrogens (tertiary/aromatic N) is 2. The molecule has 0 amide bonds. The van der Waals surface area contributed by atoms with Crippen molar-refractivity contribution >= 4 is 11.4 Å². The second-order valence-corrected chi connectivity index (χ2v) is 8.08. The summed E-state index contributed by atoms with van der Waals surface area (Å²) in [6.07, 6.45) is 7.30. The molecule has 0 aliphatic carbocycles. The van der Waals surface area contributed by atoms with Gasteiger partial charge >= 0.3 is 0 Å². The first kappa shape index (κ1) is 21.1. The molecule has 28 heavy (non-hydrogen) atoms. The Balaban J connectivity index is 1.76. The van der Waals surface area contributed by atoms with Crippen LogP contribution in [0.25, 0.3) is 0 Å². The van der Waals surface area contributed by atoms with E-state index in [0.717, 1.165) is 57.0 Å². The highest BCUT2D eigenvalue weighted by molar-refractivity contribution is 5.75. The molecule has 2 unspecified atom stereocenters. The van der Waals surface area contributed by atoms with Crippen molar-refractivity contribution < 1.29 is 9.47 Å². The number of nitrogens with one attached hydrogen (secondary N) is 1. The van der Waals surface area contributed by atoms with E-state index in [1.54, 1.807) is 0 Å². The number of anilines is 2. The van der Waals surface area contributed by atoms with Crippen molar-refractivity contribution in [3.05, 3.63) is 12.1 Å². The molecule has 1 aromatic rings. The molecule has 2 saturated heterocycles. The summed E-state index contributed by atoms with van der Waals surface area (Å²) in [6, 6.07) is 3.98. The zero-order chi connectivity index (χ0) is 19.9. The maximum Gasteiger partial charge on any atom is 0.150 e. The zero-order valence-corrected chi connectivity index (χ0v) is 17.9. The third-order valence-corrected chi connectivity index (χ3v) is 5.88. The number of ether oxygens (including phenoxy) is 2. The van der Waals surface area contributed by atoms with Crippen molar-refractivity contribution in [2.75, 3.05) is 43.8 Å². The molecule has 0 bridgehead atoms. The Bertz CT molecular complexity index is 613. The minimum absolute atomic E-state index is 0.0135. The van der Waals surface area contributed by atoms with Crippen molar-refractivity contribution in [2.24, 2.45) is 0 Å². The van der Waals surface area contributed by atoms with Gasteiger partial charge in [0, 0.05) is 44.9 Å². The van der Waals surface area contributed by atoms with Crippen LogP contribution >= 0.6 is 0 Å². The first-order valence-corrected chi connectivity index (χ1v) is 11.1. The predicted molar refractivity (Wildman–Crippen MR) is 116 cm³/mol. The summed E-state index contributed by atoms with van der Waals surface area (Å²) in [5, 5.41) is 3.47. The Kier molecular flexibility index (Phi) is 7.68. The fourth-order valence-corrected chi connectivity index (χ4v) is 4.05. The van der Waals surface area contributed by atoms with E-state index in [-0.39, 0.29) is 12.5 Å². The molecule has 3 N–H and O–H groups in total. The molecule has 2 aliphatic rings. The van der Waals surface area contributed by atoms with Gasteiger partial charge in [0.25, 0.3) is 0 Å². The molecule has 158 valence electrons. The van der Waals surface area contributed by atoms with Crippen LogP contribution in [0.15, 0.2) is 12.1 Å². The first-order valence-electron chi connectivity index (χ1n) is 11.1. The third-order valence-electron chi connectivity index (χ3n) is 5.88. The number of unbranched alkanes of at least 4 members (excludes halogenated alkanes) is 1. The number of hydrogen-bond acceptors (Lipinski definition) is 6. The summed E-state index contributed by atoms with van der Waals surface area (Å²) in [5.41, 5.74) is 8.04. The third kappa shape index (κ3) is 5.45. The van der Waals surface area contributed by atoms with E-state index in [1.807, 2.05) is 12.1 Å². The van der Waals surface area contributed by atoms with Crippen LogP contribution in [-0.4, -0.2) is 55.0 Å². The van der Waals surface area contributed by atoms with Crippen LogP contribution in [0, 0.1) is 0 Å². The van der Waals surface area contributed by atoms with E-state index in [1.165, 1.54) is 25.7 Å². The fourth-order valence-electron chi connectivity index (χ4n) is 4.05. The second-order valence-electron chi connectivity index (χ2n) is 8.08.